The van der Waals surface area contributed by atoms with Crippen LogP contribution in [0.4, 0.5) is 0 Å². The van der Waals surface area contributed by atoms with Crippen molar-refractivity contribution in [2.75, 3.05) is 13.2 Å². The fraction of sp³-hybridized carbons (Fsp3) is 0.890. The summed E-state index contributed by atoms with van der Waals surface area (Å²) in [5, 5.41) is 23.4. The zero-order valence-corrected chi connectivity index (χ0v) is 53.4. The molecular formula is C73H139NO5. The molecule has 0 radical (unpaired) electrons. The molecule has 0 saturated carbocycles. The van der Waals surface area contributed by atoms with Gasteiger partial charge in [-0.05, 0) is 83.5 Å². The standard InChI is InChI=1S/C73H139NO5/c1-3-5-7-9-11-13-15-17-19-21-23-24-25-26-27-28-30-33-37-41-45-49-53-57-61-65-71(76)70(69-75)74-72(77)66-62-58-54-50-46-42-38-34-31-32-36-40-44-48-52-56-60-64-68-79-73(78)67-63-59-55-51-47-43-39-35-29-22-20-18-16-14-12-10-8-6-4-2/h12,14,18,20,34,38,70-71,75-76H,3-11,13,15-17,19,21-33,35-37,39-69H2,1-2H3,(H,74,77)/b14-12-,20-18-,38-34-. The van der Waals surface area contributed by atoms with Gasteiger partial charge in [0, 0.05) is 12.8 Å². The number of esters is 1. The van der Waals surface area contributed by atoms with Gasteiger partial charge in [0.2, 0.25) is 5.91 Å². The van der Waals surface area contributed by atoms with Crippen LogP contribution in [0.2, 0.25) is 0 Å². The zero-order valence-electron chi connectivity index (χ0n) is 53.4. The van der Waals surface area contributed by atoms with Gasteiger partial charge in [-0.2, -0.15) is 0 Å². The Balaban J connectivity index is 3.43. The summed E-state index contributed by atoms with van der Waals surface area (Å²) in [7, 11) is 0. The van der Waals surface area contributed by atoms with Crippen LogP contribution in [-0.2, 0) is 14.3 Å². The summed E-state index contributed by atoms with van der Waals surface area (Å²) in [6, 6.07) is -0.554. The quantitative estimate of drug-likeness (QED) is 0.0320. The molecule has 466 valence electrons. The Morgan fingerprint density at radius 3 is 1.00 bits per heavy atom. The Kier molecular flexibility index (Phi) is 66.9. The molecular weight excluding hydrogens is 971 g/mol. The first-order valence-corrected chi connectivity index (χ1v) is 35.7. The summed E-state index contributed by atoms with van der Waals surface area (Å²) in [5.74, 6) is -0.0450. The Morgan fingerprint density at radius 1 is 0.354 bits per heavy atom. The Hall–Kier alpha value is -1.92. The van der Waals surface area contributed by atoms with Crippen LogP contribution in [0.15, 0.2) is 36.5 Å². The highest BCUT2D eigenvalue weighted by Crippen LogP contribution is 2.19. The molecule has 6 heteroatoms. The predicted molar refractivity (Wildman–Crippen MR) is 347 cm³/mol. The number of nitrogens with one attached hydrogen (secondary N) is 1. The second-order valence-electron chi connectivity index (χ2n) is 24.6. The normalized spacial score (nSPS) is 12.7. The molecule has 0 heterocycles. The summed E-state index contributed by atoms with van der Waals surface area (Å²) >= 11 is 0. The largest absolute Gasteiger partial charge is 0.466 e. The van der Waals surface area contributed by atoms with E-state index in [2.05, 4.69) is 55.6 Å². The van der Waals surface area contributed by atoms with Crippen LogP contribution in [0.25, 0.3) is 0 Å². The summed E-state index contributed by atoms with van der Waals surface area (Å²) in [6.07, 6.45) is 87.5. The summed E-state index contributed by atoms with van der Waals surface area (Å²) in [4.78, 5) is 24.7. The van der Waals surface area contributed by atoms with Crippen molar-refractivity contribution < 1.29 is 24.5 Å². The molecule has 0 aliphatic carbocycles. The SMILES string of the molecule is CCCCC/C=C\C/C=C\CCCCCCCCCCCC(=O)OCCCCCCCCCCC/C=C\CCCCCCCC(=O)NC(CO)C(O)CCCCCCCCCCCCCCCCCCCCCCCCCCC. The van der Waals surface area contributed by atoms with E-state index in [1.165, 1.54) is 295 Å². The van der Waals surface area contributed by atoms with Crippen molar-refractivity contribution in [3.63, 3.8) is 0 Å². The van der Waals surface area contributed by atoms with Gasteiger partial charge < -0.3 is 20.3 Å². The maximum Gasteiger partial charge on any atom is 0.305 e. The number of unbranched alkanes of at least 4 members (excludes halogenated alkanes) is 50. The van der Waals surface area contributed by atoms with Crippen LogP contribution in [0.3, 0.4) is 0 Å². The van der Waals surface area contributed by atoms with Crippen molar-refractivity contribution in [2.45, 2.75) is 405 Å². The first-order valence-electron chi connectivity index (χ1n) is 35.7. The summed E-state index contributed by atoms with van der Waals surface area (Å²) in [6.45, 7) is 4.95. The molecule has 0 spiro atoms. The molecule has 0 aliphatic rings. The van der Waals surface area contributed by atoms with Gasteiger partial charge in [0.1, 0.15) is 0 Å². The number of allylic oxidation sites excluding steroid dienone is 6. The van der Waals surface area contributed by atoms with Gasteiger partial charge >= 0.3 is 5.97 Å². The van der Waals surface area contributed by atoms with Gasteiger partial charge in [0.25, 0.3) is 0 Å². The molecule has 0 saturated heterocycles. The van der Waals surface area contributed by atoms with E-state index >= 15 is 0 Å². The first-order chi connectivity index (χ1) is 39.0. The van der Waals surface area contributed by atoms with Crippen molar-refractivity contribution in [1.82, 2.24) is 5.32 Å². The van der Waals surface area contributed by atoms with Gasteiger partial charge in [-0.3, -0.25) is 9.59 Å². The monoisotopic (exact) mass is 1110 g/mol. The lowest BCUT2D eigenvalue weighted by Crippen LogP contribution is -2.45. The molecule has 3 N–H and O–H groups in total. The second-order valence-corrected chi connectivity index (χ2v) is 24.6. The number of aliphatic hydroxyl groups is 2. The maximum atomic E-state index is 12.6. The van der Waals surface area contributed by atoms with Gasteiger partial charge in [0.05, 0.1) is 25.4 Å². The smallest absolute Gasteiger partial charge is 0.305 e. The molecule has 0 bridgehead atoms. The molecule has 2 atom stereocenters. The number of ether oxygens (including phenoxy) is 1. The molecule has 0 aromatic heterocycles. The first kappa shape index (κ1) is 77.1. The van der Waals surface area contributed by atoms with E-state index in [0.717, 1.165) is 64.2 Å². The van der Waals surface area contributed by atoms with Gasteiger partial charge in [-0.1, -0.05) is 333 Å². The van der Waals surface area contributed by atoms with E-state index in [1.54, 1.807) is 0 Å². The Bertz CT molecular complexity index is 1280. The van der Waals surface area contributed by atoms with Gasteiger partial charge in [0.15, 0.2) is 0 Å². The highest BCUT2D eigenvalue weighted by Gasteiger charge is 2.20. The average molecular weight is 1110 g/mol. The highest BCUT2D eigenvalue weighted by molar-refractivity contribution is 5.76. The average Bonchev–Trinajstić information content (AvgIpc) is 3.45. The Labute approximate surface area is 494 Å². The van der Waals surface area contributed by atoms with E-state index in [-0.39, 0.29) is 18.5 Å². The van der Waals surface area contributed by atoms with Crippen molar-refractivity contribution >= 4 is 11.9 Å². The third-order valence-corrected chi connectivity index (χ3v) is 16.7. The van der Waals surface area contributed by atoms with E-state index in [0.29, 0.717) is 25.9 Å². The van der Waals surface area contributed by atoms with Crippen molar-refractivity contribution in [1.29, 1.82) is 0 Å². The fourth-order valence-corrected chi connectivity index (χ4v) is 11.2. The predicted octanol–water partition coefficient (Wildman–Crippen LogP) is 23.1. The van der Waals surface area contributed by atoms with Crippen LogP contribution >= 0.6 is 0 Å². The lowest BCUT2D eigenvalue weighted by atomic mass is 10.0. The molecule has 0 fully saturated rings. The third-order valence-electron chi connectivity index (χ3n) is 16.7. The molecule has 6 nitrogen and oxygen atoms in total. The number of carbonyl (C=O) groups is 2. The number of hydrogen-bond donors (Lipinski definition) is 3. The number of carbonyl (C=O) groups excluding carboxylic acids is 2. The van der Waals surface area contributed by atoms with Crippen molar-refractivity contribution in [2.24, 2.45) is 0 Å². The molecule has 0 aliphatic heterocycles. The van der Waals surface area contributed by atoms with Gasteiger partial charge in [-0.15, -0.1) is 0 Å². The topological polar surface area (TPSA) is 95.9 Å². The molecule has 0 aromatic carbocycles. The number of aliphatic hydroxyl groups excluding tert-OH is 2. The summed E-state index contributed by atoms with van der Waals surface area (Å²) in [5.41, 5.74) is 0. The fourth-order valence-electron chi connectivity index (χ4n) is 11.2. The molecule has 2 unspecified atom stereocenters. The lowest BCUT2D eigenvalue weighted by molar-refractivity contribution is -0.143. The minimum atomic E-state index is -0.675. The summed E-state index contributed by atoms with van der Waals surface area (Å²) < 4.78 is 5.50. The van der Waals surface area contributed by atoms with Crippen molar-refractivity contribution in [3.8, 4) is 0 Å². The molecule has 0 rings (SSSR count). The van der Waals surface area contributed by atoms with Crippen molar-refractivity contribution in [3.05, 3.63) is 36.5 Å². The van der Waals surface area contributed by atoms with Crippen LogP contribution in [-0.4, -0.2) is 47.4 Å². The minimum absolute atomic E-state index is 0.000174. The van der Waals surface area contributed by atoms with E-state index in [4.69, 9.17) is 4.74 Å². The minimum Gasteiger partial charge on any atom is -0.466 e. The molecule has 0 aromatic rings. The molecule has 1 amide bonds. The maximum absolute atomic E-state index is 12.6. The van der Waals surface area contributed by atoms with Crippen LogP contribution in [0.1, 0.15) is 393 Å². The molecule has 79 heavy (non-hydrogen) atoms. The lowest BCUT2D eigenvalue weighted by Gasteiger charge is -2.22. The zero-order chi connectivity index (χ0) is 57.1. The van der Waals surface area contributed by atoms with E-state index in [1.807, 2.05) is 0 Å². The number of hydrogen-bond acceptors (Lipinski definition) is 5. The number of rotatable bonds is 67. The van der Waals surface area contributed by atoms with Crippen LogP contribution in [0.5, 0.6) is 0 Å². The van der Waals surface area contributed by atoms with E-state index in [9.17, 15) is 19.8 Å². The second kappa shape index (κ2) is 68.6. The van der Waals surface area contributed by atoms with Crippen LogP contribution in [0, 0.1) is 0 Å². The van der Waals surface area contributed by atoms with E-state index < -0.39 is 12.1 Å². The highest BCUT2D eigenvalue weighted by atomic mass is 16.5. The van der Waals surface area contributed by atoms with Gasteiger partial charge in [-0.25, -0.2) is 0 Å². The Morgan fingerprint density at radius 2 is 0.633 bits per heavy atom. The third kappa shape index (κ3) is 65.1. The van der Waals surface area contributed by atoms with Crippen LogP contribution < -0.4 is 5.32 Å². The number of amides is 1.